The van der Waals surface area contributed by atoms with Crippen LogP contribution in [0.3, 0.4) is 0 Å². The smallest absolute Gasteiger partial charge is 0.421 e. The highest BCUT2D eigenvalue weighted by molar-refractivity contribution is 5.73. The van der Waals surface area contributed by atoms with E-state index in [0.29, 0.717) is 0 Å². The first-order valence-electron chi connectivity index (χ1n) is 4.45. The molecule has 0 N–H and O–H groups in total. The van der Waals surface area contributed by atoms with Gasteiger partial charge >= 0.3 is 6.09 Å². The van der Waals surface area contributed by atoms with E-state index >= 15 is 0 Å². The van der Waals surface area contributed by atoms with Gasteiger partial charge in [0.15, 0.2) is 0 Å². The van der Waals surface area contributed by atoms with E-state index in [4.69, 9.17) is 4.74 Å². The molecule has 1 heterocycles. The van der Waals surface area contributed by atoms with Crippen molar-refractivity contribution in [1.82, 2.24) is 4.57 Å². The van der Waals surface area contributed by atoms with Crippen LogP contribution in [-0.4, -0.2) is 22.7 Å². The molecule has 0 bridgehead atoms. The maximum absolute atomic E-state index is 11.6. The number of nitrogens with zero attached hydrogens (tertiary/aromatic N) is 1. The largest absolute Gasteiger partial charge is 0.443 e. The fourth-order valence-corrected chi connectivity index (χ4v) is 0.972. The molecule has 0 radical (unpaired) electrons. The molecule has 1 aromatic rings. The summed E-state index contributed by atoms with van der Waals surface area (Å²) in [5.74, 6) is 0.138. The van der Waals surface area contributed by atoms with Gasteiger partial charge in [-0.05, 0) is 26.8 Å². The van der Waals surface area contributed by atoms with E-state index in [0.717, 1.165) is 4.57 Å². The molecule has 0 saturated carbocycles. The molecule has 0 aliphatic carbocycles. The van der Waals surface area contributed by atoms with Crippen molar-refractivity contribution in [3.63, 3.8) is 0 Å². The van der Waals surface area contributed by atoms with Crippen molar-refractivity contribution in [2.75, 3.05) is 0 Å². The van der Waals surface area contributed by atoms with Crippen LogP contribution in [0.5, 0.6) is 5.88 Å². The lowest BCUT2D eigenvalue weighted by Gasteiger charge is -2.19. The molecule has 0 aliphatic rings. The Balaban J connectivity index is 2.82. The third-order valence-corrected chi connectivity index (χ3v) is 1.47. The van der Waals surface area contributed by atoms with Crippen molar-refractivity contribution >= 4 is 12.6 Å². The van der Waals surface area contributed by atoms with Crippen LogP contribution in [0.25, 0.3) is 0 Å². The molecule has 0 amide bonds. The molecule has 0 fully saturated rings. The molecular formula is C10H13NO4. The molecule has 5 nitrogen and oxygen atoms in total. The molecule has 0 spiro atoms. The SMILES string of the molecule is CC(C)(C)OC(=O)n1cccc1OC=O. The summed E-state index contributed by atoms with van der Waals surface area (Å²) in [5, 5.41) is 0. The Kier molecular flexibility index (Phi) is 3.14. The summed E-state index contributed by atoms with van der Waals surface area (Å²) in [4.78, 5) is 21.7. The van der Waals surface area contributed by atoms with E-state index in [1.54, 1.807) is 26.8 Å². The predicted octanol–water partition coefficient (Wildman–Crippen LogP) is 1.81. The summed E-state index contributed by atoms with van der Waals surface area (Å²) >= 11 is 0. The number of hydrogen-bond acceptors (Lipinski definition) is 4. The van der Waals surface area contributed by atoms with Gasteiger partial charge in [0.2, 0.25) is 5.88 Å². The number of aromatic nitrogens is 1. The van der Waals surface area contributed by atoms with Crippen LogP contribution in [0.2, 0.25) is 0 Å². The van der Waals surface area contributed by atoms with Gasteiger partial charge in [-0.1, -0.05) is 0 Å². The Hall–Kier alpha value is -1.78. The van der Waals surface area contributed by atoms with Crippen LogP contribution in [0, 0.1) is 0 Å². The molecule has 0 unspecified atom stereocenters. The summed E-state index contributed by atoms with van der Waals surface area (Å²) in [7, 11) is 0. The lowest BCUT2D eigenvalue weighted by Crippen LogP contribution is -2.27. The lowest BCUT2D eigenvalue weighted by atomic mass is 10.2. The Morgan fingerprint density at radius 1 is 1.47 bits per heavy atom. The van der Waals surface area contributed by atoms with Crippen molar-refractivity contribution in [2.24, 2.45) is 0 Å². The highest BCUT2D eigenvalue weighted by Gasteiger charge is 2.19. The van der Waals surface area contributed by atoms with Crippen molar-refractivity contribution in [3.8, 4) is 5.88 Å². The maximum atomic E-state index is 11.6. The van der Waals surface area contributed by atoms with Crippen molar-refractivity contribution in [2.45, 2.75) is 26.4 Å². The Morgan fingerprint density at radius 3 is 2.67 bits per heavy atom. The molecule has 0 aliphatic heterocycles. The zero-order chi connectivity index (χ0) is 11.5. The maximum Gasteiger partial charge on any atom is 0.421 e. The topological polar surface area (TPSA) is 57.5 Å². The Labute approximate surface area is 87.6 Å². The number of carbonyl (C=O) groups excluding carboxylic acids is 2. The van der Waals surface area contributed by atoms with Gasteiger partial charge in [-0.15, -0.1) is 0 Å². The summed E-state index contributed by atoms with van der Waals surface area (Å²) in [5.41, 5.74) is -0.584. The second-order valence-corrected chi connectivity index (χ2v) is 3.91. The molecule has 15 heavy (non-hydrogen) atoms. The summed E-state index contributed by atoms with van der Waals surface area (Å²) in [6.07, 6.45) is 0.886. The summed E-state index contributed by atoms with van der Waals surface area (Å²) in [6.45, 7) is 5.54. The van der Waals surface area contributed by atoms with Gasteiger partial charge < -0.3 is 9.47 Å². The van der Waals surface area contributed by atoms with Crippen molar-refractivity contribution in [1.29, 1.82) is 0 Å². The minimum Gasteiger partial charge on any atom is -0.443 e. The van der Waals surface area contributed by atoms with Gasteiger partial charge in [0.05, 0.1) is 0 Å². The van der Waals surface area contributed by atoms with E-state index in [-0.39, 0.29) is 12.4 Å². The quantitative estimate of drug-likeness (QED) is 0.700. The molecule has 82 valence electrons. The molecular weight excluding hydrogens is 198 g/mol. The minimum absolute atomic E-state index is 0.138. The standard InChI is InChI=1S/C10H13NO4/c1-10(2,3)15-9(13)11-6-4-5-8(11)14-7-12/h4-7H,1-3H3. The molecule has 0 aromatic carbocycles. The third-order valence-electron chi connectivity index (χ3n) is 1.47. The second kappa shape index (κ2) is 4.16. The van der Waals surface area contributed by atoms with E-state index in [9.17, 15) is 9.59 Å². The van der Waals surface area contributed by atoms with E-state index in [1.165, 1.54) is 12.3 Å². The zero-order valence-electron chi connectivity index (χ0n) is 8.89. The fourth-order valence-electron chi connectivity index (χ4n) is 0.972. The molecule has 0 saturated heterocycles. The van der Waals surface area contributed by atoms with Crippen molar-refractivity contribution < 1.29 is 19.1 Å². The van der Waals surface area contributed by atoms with Crippen LogP contribution >= 0.6 is 0 Å². The van der Waals surface area contributed by atoms with Crippen LogP contribution in [0.4, 0.5) is 4.79 Å². The summed E-state index contributed by atoms with van der Waals surface area (Å²) in [6, 6.07) is 3.08. The predicted molar refractivity (Wildman–Crippen MR) is 52.8 cm³/mol. The normalized spacial score (nSPS) is 10.9. The van der Waals surface area contributed by atoms with Gasteiger partial charge in [-0.3, -0.25) is 4.79 Å². The number of carbonyl (C=O) groups is 2. The average Bonchev–Trinajstić information content (AvgIpc) is 2.49. The Morgan fingerprint density at radius 2 is 2.13 bits per heavy atom. The molecule has 5 heteroatoms. The monoisotopic (exact) mass is 211 g/mol. The van der Waals surface area contributed by atoms with Gasteiger partial charge in [0.25, 0.3) is 6.47 Å². The first-order chi connectivity index (χ1) is 6.94. The fraction of sp³-hybridized carbons (Fsp3) is 0.400. The highest BCUT2D eigenvalue weighted by atomic mass is 16.6. The van der Waals surface area contributed by atoms with Gasteiger partial charge in [0.1, 0.15) is 5.60 Å². The van der Waals surface area contributed by atoms with Gasteiger partial charge in [-0.25, -0.2) is 9.36 Å². The van der Waals surface area contributed by atoms with Crippen LogP contribution in [0.15, 0.2) is 18.3 Å². The third kappa shape index (κ3) is 3.12. The van der Waals surface area contributed by atoms with Crippen LogP contribution < -0.4 is 4.74 Å². The Bertz CT molecular complexity index is 362. The highest BCUT2D eigenvalue weighted by Crippen LogP contribution is 2.15. The van der Waals surface area contributed by atoms with Gasteiger partial charge in [-0.2, -0.15) is 0 Å². The number of rotatable bonds is 2. The number of ether oxygens (including phenoxy) is 2. The second-order valence-electron chi connectivity index (χ2n) is 3.91. The molecule has 1 aromatic heterocycles. The van der Waals surface area contributed by atoms with E-state index in [2.05, 4.69) is 4.74 Å². The number of hydrogen-bond donors (Lipinski definition) is 0. The van der Waals surface area contributed by atoms with Crippen LogP contribution in [-0.2, 0) is 9.53 Å². The summed E-state index contributed by atoms with van der Waals surface area (Å²) < 4.78 is 10.8. The molecule has 1 rings (SSSR count). The van der Waals surface area contributed by atoms with E-state index < -0.39 is 11.7 Å². The lowest BCUT2D eigenvalue weighted by molar-refractivity contribution is -0.121. The first-order valence-corrected chi connectivity index (χ1v) is 4.45. The van der Waals surface area contributed by atoms with Crippen molar-refractivity contribution in [3.05, 3.63) is 18.3 Å². The zero-order valence-corrected chi connectivity index (χ0v) is 8.89. The van der Waals surface area contributed by atoms with Crippen LogP contribution in [0.1, 0.15) is 20.8 Å². The average molecular weight is 211 g/mol. The first kappa shape index (κ1) is 11.3. The minimum atomic E-state index is -0.584. The molecule has 0 atom stereocenters. The van der Waals surface area contributed by atoms with E-state index in [1.807, 2.05) is 0 Å². The van der Waals surface area contributed by atoms with Gasteiger partial charge in [0, 0.05) is 12.3 Å².